The normalized spacial score (nSPS) is 11.8. The van der Waals surface area contributed by atoms with E-state index in [0.29, 0.717) is 31.0 Å². The molecule has 0 aromatic rings. The third kappa shape index (κ3) is 13.1. The van der Waals surface area contributed by atoms with Gasteiger partial charge in [-0.3, -0.25) is 9.00 Å². The fraction of sp³-hybridized carbons (Fsp3) is 0.833. The zero-order valence-electron chi connectivity index (χ0n) is 11.4. The first-order valence-electron chi connectivity index (χ1n) is 6.64. The molecule has 3 N–H and O–H groups in total. The van der Waals surface area contributed by atoms with Crippen LogP contribution in [0, 0.1) is 0 Å². The van der Waals surface area contributed by atoms with E-state index in [2.05, 4.69) is 10.6 Å². The molecule has 0 aliphatic carbocycles. The molecular formula is C12H24N2O4S. The first kappa shape index (κ1) is 17.9. The zero-order valence-corrected chi connectivity index (χ0v) is 12.3. The SMILES string of the molecule is CCS(=O)CCNC(=O)NCCCCCCC(=O)O. The van der Waals surface area contributed by atoms with Crippen LogP contribution in [-0.2, 0) is 15.6 Å². The summed E-state index contributed by atoms with van der Waals surface area (Å²) in [5, 5.41) is 13.8. The number of carbonyl (C=O) groups is 2. The highest BCUT2D eigenvalue weighted by Crippen LogP contribution is 2.01. The number of rotatable bonds is 11. The van der Waals surface area contributed by atoms with E-state index in [-0.39, 0.29) is 12.5 Å². The van der Waals surface area contributed by atoms with E-state index in [9.17, 15) is 13.8 Å². The minimum atomic E-state index is -0.849. The van der Waals surface area contributed by atoms with Crippen LogP contribution in [0.3, 0.4) is 0 Å². The van der Waals surface area contributed by atoms with Gasteiger partial charge in [0.05, 0.1) is 0 Å². The lowest BCUT2D eigenvalue weighted by Gasteiger charge is -2.07. The minimum absolute atomic E-state index is 0.211. The van der Waals surface area contributed by atoms with Gasteiger partial charge in [-0.15, -0.1) is 0 Å². The lowest BCUT2D eigenvalue weighted by Crippen LogP contribution is -2.38. The van der Waals surface area contributed by atoms with Crippen molar-refractivity contribution >= 4 is 22.8 Å². The lowest BCUT2D eigenvalue weighted by molar-refractivity contribution is -0.137. The average Bonchev–Trinajstić information content (AvgIpc) is 2.37. The fourth-order valence-corrected chi connectivity index (χ4v) is 2.06. The van der Waals surface area contributed by atoms with Gasteiger partial charge >= 0.3 is 12.0 Å². The Bertz CT molecular complexity index is 297. The zero-order chi connectivity index (χ0) is 14.5. The second-order valence-corrected chi connectivity index (χ2v) is 6.04. The van der Waals surface area contributed by atoms with Crippen molar-refractivity contribution in [1.29, 1.82) is 0 Å². The van der Waals surface area contributed by atoms with E-state index >= 15 is 0 Å². The number of amides is 2. The van der Waals surface area contributed by atoms with Crippen molar-refractivity contribution in [2.45, 2.75) is 39.0 Å². The van der Waals surface area contributed by atoms with Crippen molar-refractivity contribution < 1.29 is 18.9 Å². The van der Waals surface area contributed by atoms with Gasteiger partial charge in [0.15, 0.2) is 0 Å². The van der Waals surface area contributed by atoms with Gasteiger partial charge in [0, 0.05) is 41.8 Å². The van der Waals surface area contributed by atoms with Crippen LogP contribution in [0.1, 0.15) is 39.0 Å². The average molecular weight is 292 g/mol. The number of hydrogen-bond donors (Lipinski definition) is 3. The van der Waals surface area contributed by atoms with E-state index in [4.69, 9.17) is 5.11 Å². The van der Waals surface area contributed by atoms with Crippen LogP contribution in [0.2, 0.25) is 0 Å². The van der Waals surface area contributed by atoms with Gasteiger partial charge in [-0.1, -0.05) is 19.8 Å². The molecule has 0 aromatic carbocycles. The van der Waals surface area contributed by atoms with Gasteiger partial charge in [-0.05, 0) is 12.8 Å². The fourth-order valence-electron chi connectivity index (χ4n) is 1.44. The van der Waals surface area contributed by atoms with Gasteiger partial charge in [0.2, 0.25) is 0 Å². The Kier molecular flexibility index (Phi) is 11.3. The van der Waals surface area contributed by atoms with Gasteiger partial charge in [0.1, 0.15) is 0 Å². The third-order valence-electron chi connectivity index (χ3n) is 2.54. The highest BCUT2D eigenvalue weighted by atomic mass is 32.2. The van der Waals surface area contributed by atoms with Gasteiger partial charge in [0.25, 0.3) is 0 Å². The summed E-state index contributed by atoms with van der Waals surface area (Å²) in [7, 11) is -0.849. The molecule has 0 rings (SSSR count). The summed E-state index contributed by atoms with van der Waals surface area (Å²) in [5.74, 6) is 0.334. The number of carbonyl (C=O) groups excluding carboxylic acids is 1. The predicted octanol–water partition coefficient (Wildman–Crippen LogP) is 1.09. The highest BCUT2D eigenvalue weighted by molar-refractivity contribution is 7.84. The number of carboxylic acid groups (broad SMARTS) is 1. The van der Waals surface area contributed by atoms with Crippen LogP contribution in [0.4, 0.5) is 4.79 Å². The summed E-state index contributed by atoms with van der Waals surface area (Å²) in [4.78, 5) is 21.6. The monoisotopic (exact) mass is 292 g/mol. The van der Waals surface area contributed by atoms with E-state index in [0.717, 1.165) is 19.3 Å². The molecule has 6 nitrogen and oxygen atoms in total. The van der Waals surface area contributed by atoms with Crippen LogP contribution >= 0.6 is 0 Å². The Morgan fingerprint density at radius 2 is 1.68 bits per heavy atom. The standard InChI is InChI=1S/C12H24N2O4S/c1-2-19(18)10-9-14-12(17)13-8-6-4-3-5-7-11(15)16/h2-10H2,1H3,(H,15,16)(H2,13,14,17). The van der Waals surface area contributed by atoms with Crippen molar-refractivity contribution in [2.75, 3.05) is 24.6 Å². The molecule has 0 bridgehead atoms. The number of nitrogens with one attached hydrogen (secondary N) is 2. The second kappa shape index (κ2) is 12.0. The molecule has 0 saturated carbocycles. The highest BCUT2D eigenvalue weighted by Gasteiger charge is 2.01. The van der Waals surface area contributed by atoms with Crippen molar-refractivity contribution in [3.8, 4) is 0 Å². The third-order valence-corrected chi connectivity index (χ3v) is 3.84. The first-order valence-corrected chi connectivity index (χ1v) is 8.13. The molecule has 0 radical (unpaired) electrons. The number of hydrogen-bond acceptors (Lipinski definition) is 3. The Labute approximate surface area is 116 Å². The lowest BCUT2D eigenvalue weighted by atomic mass is 10.1. The first-order chi connectivity index (χ1) is 9.06. The molecule has 0 saturated heterocycles. The molecular weight excluding hydrogens is 268 g/mol. The maximum absolute atomic E-state index is 11.3. The second-order valence-electron chi connectivity index (χ2n) is 4.17. The molecule has 0 aliphatic heterocycles. The van der Waals surface area contributed by atoms with Crippen LogP contribution in [-0.4, -0.2) is 45.9 Å². The molecule has 0 heterocycles. The summed E-state index contributed by atoms with van der Waals surface area (Å²) < 4.78 is 11.1. The molecule has 0 aromatic heterocycles. The smallest absolute Gasteiger partial charge is 0.314 e. The van der Waals surface area contributed by atoms with Gasteiger partial charge in [-0.25, -0.2) is 4.79 Å². The minimum Gasteiger partial charge on any atom is -0.481 e. The number of carboxylic acids is 1. The van der Waals surface area contributed by atoms with E-state index in [1.54, 1.807) is 0 Å². The van der Waals surface area contributed by atoms with Crippen molar-refractivity contribution in [3.63, 3.8) is 0 Å². The van der Waals surface area contributed by atoms with Gasteiger partial charge < -0.3 is 15.7 Å². The summed E-state index contributed by atoms with van der Waals surface area (Å²) in [5.41, 5.74) is 0. The van der Waals surface area contributed by atoms with E-state index in [1.807, 2.05) is 6.92 Å². The molecule has 112 valence electrons. The quantitative estimate of drug-likeness (QED) is 0.497. The number of unbranched alkanes of at least 4 members (excludes halogenated alkanes) is 3. The molecule has 19 heavy (non-hydrogen) atoms. The van der Waals surface area contributed by atoms with Crippen molar-refractivity contribution in [3.05, 3.63) is 0 Å². The van der Waals surface area contributed by atoms with E-state index in [1.165, 1.54) is 0 Å². The van der Waals surface area contributed by atoms with Crippen molar-refractivity contribution in [2.24, 2.45) is 0 Å². The Balaban J connectivity index is 3.29. The molecule has 0 aliphatic rings. The summed E-state index contributed by atoms with van der Waals surface area (Å²) in [6.45, 7) is 2.85. The van der Waals surface area contributed by atoms with Crippen LogP contribution in [0.25, 0.3) is 0 Å². The van der Waals surface area contributed by atoms with Crippen molar-refractivity contribution in [1.82, 2.24) is 10.6 Å². The largest absolute Gasteiger partial charge is 0.481 e. The Morgan fingerprint density at radius 1 is 1.05 bits per heavy atom. The summed E-state index contributed by atoms with van der Waals surface area (Å²) in [6, 6.07) is -0.237. The van der Waals surface area contributed by atoms with E-state index < -0.39 is 16.8 Å². The molecule has 1 atom stereocenters. The topological polar surface area (TPSA) is 95.5 Å². The van der Waals surface area contributed by atoms with Gasteiger partial charge in [-0.2, -0.15) is 0 Å². The summed E-state index contributed by atoms with van der Waals surface area (Å²) in [6.07, 6.45) is 3.51. The van der Waals surface area contributed by atoms with Crippen LogP contribution in [0.15, 0.2) is 0 Å². The van der Waals surface area contributed by atoms with Crippen LogP contribution < -0.4 is 10.6 Å². The maximum atomic E-state index is 11.3. The number of urea groups is 1. The molecule has 1 unspecified atom stereocenters. The Hall–Kier alpha value is -1.11. The maximum Gasteiger partial charge on any atom is 0.314 e. The molecule has 0 fully saturated rings. The molecule has 7 heteroatoms. The molecule has 0 spiro atoms. The predicted molar refractivity (Wildman–Crippen MR) is 75.7 cm³/mol. The summed E-state index contributed by atoms with van der Waals surface area (Å²) >= 11 is 0. The molecule has 2 amide bonds. The number of aliphatic carboxylic acids is 1. The van der Waals surface area contributed by atoms with Crippen LogP contribution in [0.5, 0.6) is 0 Å². The Morgan fingerprint density at radius 3 is 2.32 bits per heavy atom.